The summed E-state index contributed by atoms with van der Waals surface area (Å²) in [7, 11) is 0. The second-order valence-electron chi connectivity index (χ2n) is 6.47. The van der Waals surface area contributed by atoms with E-state index < -0.39 is 0 Å². The molecule has 5 nitrogen and oxygen atoms in total. The van der Waals surface area contributed by atoms with Crippen LogP contribution in [-0.4, -0.2) is 22.4 Å². The smallest absolute Gasteiger partial charge is 0.254 e. The maximum absolute atomic E-state index is 11.8. The third kappa shape index (κ3) is 4.52. The molecule has 0 fully saturated rings. The molecule has 0 spiro atoms. The highest BCUT2D eigenvalue weighted by molar-refractivity contribution is 5.93. The van der Waals surface area contributed by atoms with Gasteiger partial charge in [-0.3, -0.25) is 4.79 Å². The Labute approximate surface area is 137 Å². The molecule has 0 aliphatic heterocycles. The first-order chi connectivity index (χ1) is 10.9. The molecule has 0 aliphatic rings. The van der Waals surface area contributed by atoms with Crippen LogP contribution in [0.5, 0.6) is 0 Å². The van der Waals surface area contributed by atoms with Crippen LogP contribution in [0.2, 0.25) is 0 Å². The van der Waals surface area contributed by atoms with E-state index in [-0.39, 0.29) is 11.3 Å². The minimum absolute atomic E-state index is 0.0174. The highest BCUT2D eigenvalue weighted by atomic mass is 16.1. The van der Waals surface area contributed by atoms with Crippen molar-refractivity contribution in [1.82, 2.24) is 15.3 Å². The minimum atomic E-state index is -0.145. The van der Waals surface area contributed by atoms with Gasteiger partial charge in [-0.25, -0.2) is 9.97 Å². The van der Waals surface area contributed by atoms with Crippen LogP contribution in [0.15, 0.2) is 36.7 Å². The number of carbonyl (C=O) groups is 1. The summed E-state index contributed by atoms with van der Waals surface area (Å²) in [5.74, 6) is 0.335. The van der Waals surface area contributed by atoms with Crippen molar-refractivity contribution >= 4 is 17.5 Å². The Balaban J connectivity index is 2.15. The Morgan fingerprint density at radius 3 is 2.39 bits per heavy atom. The van der Waals surface area contributed by atoms with Gasteiger partial charge >= 0.3 is 0 Å². The molecule has 0 unspecified atom stereocenters. The zero-order valence-corrected chi connectivity index (χ0v) is 14.2. The van der Waals surface area contributed by atoms with E-state index in [2.05, 4.69) is 47.4 Å². The Kier molecular flexibility index (Phi) is 5.32. The molecule has 2 rings (SSSR count). The summed E-state index contributed by atoms with van der Waals surface area (Å²) in [4.78, 5) is 20.3. The lowest BCUT2D eigenvalue weighted by Gasteiger charge is -2.22. The lowest BCUT2D eigenvalue weighted by atomic mass is 9.86. The zero-order chi connectivity index (χ0) is 16.9. The molecule has 1 amide bonds. The molecule has 2 N–H and O–H groups in total. The molecular formula is C18H24N4O. The fourth-order valence-electron chi connectivity index (χ4n) is 2.22. The number of nitrogens with one attached hydrogen (secondary N) is 2. The molecule has 2 aromatic rings. The van der Waals surface area contributed by atoms with Crippen molar-refractivity contribution in [3.8, 4) is 0 Å². The third-order valence-electron chi connectivity index (χ3n) is 3.43. The second kappa shape index (κ2) is 7.22. The molecule has 1 aromatic carbocycles. The van der Waals surface area contributed by atoms with E-state index in [1.165, 1.54) is 5.56 Å². The molecule has 23 heavy (non-hydrogen) atoms. The van der Waals surface area contributed by atoms with Gasteiger partial charge in [-0.15, -0.1) is 0 Å². The van der Waals surface area contributed by atoms with Crippen LogP contribution in [0.1, 0.15) is 50.0 Å². The average molecular weight is 312 g/mol. The molecule has 0 radical (unpaired) electrons. The van der Waals surface area contributed by atoms with Crippen molar-refractivity contribution in [1.29, 1.82) is 0 Å². The van der Waals surface area contributed by atoms with E-state index in [0.29, 0.717) is 18.1 Å². The number of hydrogen-bond donors (Lipinski definition) is 2. The van der Waals surface area contributed by atoms with Crippen molar-refractivity contribution in [2.24, 2.45) is 0 Å². The van der Waals surface area contributed by atoms with Gasteiger partial charge in [-0.2, -0.15) is 0 Å². The summed E-state index contributed by atoms with van der Waals surface area (Å²) >= 11 is 0. The molecule has 1 heterocycles. The summed E-state index contributed by atoms with van der Waals surface area (Å²) in [6.45, 7) is 9.15. The maximum atomic E-state index is 11.8. The first-order valence-electron chi connectivity index (χ1n) is 7.88. The zero-order valence-electron chi connectivity index (χ0n) is 14.2. The van der Waals surface area contributed by atoms with E-state index in [9.17, 15) is 4.79 Å². The summed E-state index contributed by atoms with van der Waals surface area (Å²) < 4.78 is 0. The predicted octanol–water partition coefficient (Wildman–Crippen LogP) is 3.66. The summed E-state index contributed by atoms with van der Waals surface area (Å²) in [5, 5.41) is 6.04. The topological polar surface area (TPSA) is 66.9 Å². The van der Waals surface area contributed by atoms with Crippen LogP contribution < -0.4 is 10.6 Å². The molecule has 1 aromatic heterocycles. The van der Waals surface area contributed by atoms with Crippen LogP contribution >= 0.6 is 0 Å². The van der Waals surface area contributed by atoms with Gasteiger partial charge in [-0.05, 0) is 23.5 Å². The van der Waals surface area contributed by atoms with Crippen LogP contribution in [0.4, 0.5) is 11.6 Å². The number of anilines is 2. The average Bonchev–Trinajstić information content (AvgIpc) is 2.53. The molecule has 5 heteroatoms. The summed E-state index contributed by atoms with van der Waals surface area (Å²) in [6.07, 6.45) is 3.98. The van der Waals surface area contributed by atoms with Crippen molar-refractivity contribution < 1.29 is 4.79 Å². The van der Waals surface area contributed by atoms with Gasteiger partial charge in [0.15, 0.2) is 0 Å². The number of nitrogens with zero attached hydrogens (tertiary/aromatic N) is 2. The lowest BCUT2D eigenvalue weighted by molar-refractivity contribution is 0.0953. The fraction of sp³-hybridized carbons (Fsp3) is 0.389. The molecule has 0 aliphatic carbocycles. The number of rotatable bonds is 5. The third-order valence-corrected chi connectivity index (χ3v) is 3.43. The molecular weight excluding hydrogens is 288 g/mol. The molecule has 122 valence electrons. The normalized spacial score (nSPS) is 11.1. The second-order valence-corrected chi connectivity index (χ2v) is 6.47. The standard InChI is InChI=1S/C18H24N4O/c1-5-10-19-16(23)13-11-20-17(21-12-13)22-15-9-7-6-8-14(15)18(2,3)4/h6-9,11-12H,5,10H2,1-4H3,(H,19,23)(H,20,21,22). The van der Waals surface area contributed by atoms with Crippen LogP contribution in [0.25, 0.3) is 0 Å². The predicted molar refractivity (Wildman–Crippen MR) is 93.1 cm³/mol. The van der Waals surface area contributed by atoms with E-state index in [1.54, 1.807) is 12.4 Å². The summed E-state index contributed by atoms with van der Waals surface area (Å²) in [5.41, 5.74) is 2.65. The van der Waals surface area contributed by atoms with Crippen molar-refractivity contribution in [2.45, 2.75) is 39.5 Å². The first-order valence-corrected chi connectivity index (χ1v) is 7.88. The Morgan fingerprint density at radius 1 is 1.13 bits per heavy atom. The first kappa shape index (κ1) is 16.9. The van der Waals surface area contributed by atoms with Gasteiger partial charge in [0, 0.05) is 24.6 Å². The van der Waals surface area contributed by atoms with Gasteiger partial charge in [0.05, 0.1) is 5.56 Å². The highest BCUT2D eigenvalue weighted by Crippen LogP contribution is 2.30. The fourth-order valence-corrected chi connectivity index (χ4v) is 2.22. The van der Waals surface area contributed by atoms with Gasteiger partial charge < -0.3 is 10.6 Å². The van der Waals surface area contributed by atoms with Crippen molar-refractivity contribution in [3.05, 3.63) is 47.8 Å². The van der Waals surface area contributed by atoms with E-state index in [4.69, 9.17) is 0 Å². The number of carbonyl (C=O) groups excluding carboxylic acids is 1. The Morgan fingerprint density at radius 2 is 1.78 bits per heavy atom. The molecule has 0 bridgehead atoms. The largest absolute Gasteiger partial charge is 0.352 e. The number of aromatic nitrogens is 2. The van der Waals surface area contributed by atoms with Gasteiger partial charge in [0.25, 0.3) is 5.91 Å². The van der Waals surface area contributed by atoms with Gasteiger partial charge in [0.2, 0.25) is 5.95 Å². The molecule has 0 saturated heterocycles. The highest BCUT2D eigenvalue weighted by Gasteiger charge is 2.18. The van der Waals surface area contributed by atoms with Crippen LogP contribution in [-0.2, 0) is 5.41 Å². The number of amides is 1. The van der Waals surface area contributed by atoms with Gasteiger partial charge in [-0.1, -0.05) is 45.9 Å². The quantitative estimate of drug-likeness (QED) is 0.884. The SMILES string of the molecule is CCCNC(=O)c1cnc(Nc2ccccc2C(C)(C)C)nc1. The number of para-hydroxylation sites is 1. The van der Waals surface area contributed by atoms with Crippen molar-refractivity contribution in [2.75, 3.05) is 11.9 Å². The monoisotopic (exact) mass is 312 g/mol. The van der Waals surface area contributed by atoms with E-state index in [1.807, 2.05) is 25.1 Å². The number of hydrogen-bond acceptors (Lipinski definition) is 4. The Hall–Kier alpha value is -2.43. The maximum Gasteiger partial charge on any atom is 0.254 e. The minimum Gasteiger partial charge on any atom is -0.352 e. The Bertz CT molecular complexity index is 659. The van der Waals surface area contributed by atoms with Gasteiger partial charge in [0.1, 0.15) is 0 Å². The lowest BCUT2D eigenvalue weighted by Crippen LogP contribution is -2.24. The molecule has 0 atom stereocenters. The van der Waals surface area contributed by atoms with Crippen molar-refractivity contribution in [3.63, 3.8) is 0 Å². The van der Waals surface area contributed by atoms with E-state index >= 15 is 0 Å². The van der Waals surface area contributed by atoms with Crippen LogP contribution in [0.3, 0.4) is 0 Å². The number of benzene rings is 1. The summed E-state index contributed by atoms with van der Waals surface area (Å²) in [6, 6.07) is 8.10. The van der Waals surface area contributed by atoms with E-state index in [0.717, 1.165) is 12.1 Å². The molecule has 0 saturated carbocycles. The van der Waals surface area contributed by atoms with Crippen LogP contribution in [0, 0.1) is 0 Å².